The number of aliphatic imine (C=N–C) groups is 1. The van der Waals surface area contributed by atoms with Crippen molar-refractivity contribution in [3.8, 4) is 11.1 Å². The number of unbranched alkanes of at least 4 members (excludes halogenated alkanes) is 1. The molecule has 2 atom stereocenters. The Morgan fingerprint density at radius 2 is 1.63 bits per heavy atom. The Kier molecular flexibility index (Phi) is 10.1. The molecule has 0 saturated carbocycles. The van der Waals surface area contributed by atoms with Crippen molar-refractivity contribution in [3.63, 3.8) is 0 Å². The van der Waals surface area contributed by atoms with E-state index in [1.54, 1.807) is 0 Å². The van der Waals surface area contributed by atoms with Gasteiger partial charge in [-0.2, -0.15) is 0 Å². The number of carbonyl (C=O) groups is 3. The lowest BCUT2D eigenvalue weighted by atomic mass is 9.98. The first-order chi connectivity index (χ1) is 18.2. The van der Waals surface area contributed by atoms with Gasteiger partial charge in [0.25, 0.3) is 0 Å². The summed E-state index contributed by atoms with van der Waals surface area (Å²) in [6, 6.07) is 14.1. The second kappa shape index (κ2) is 13.5. The molecule has 0 unspecified atom stereocenters. The molecule has 2 aromatic rings. The summed E-state index contributed by atoms with van der Waals surface area (Å²) in [6.07, 6.45) is 1.75. The molecule has 10 heteroatoms. The van der Waals surface area contributed by atoms with Crippen molar-refractivity contribution in [3.05, 3.63) is 59.7 Å². The molecule has 0 aliphatic heterocycles. The molecule has 10 nitrogen and oxygen atoms in total. The maximum Gasteiger partial charge on any atom is 0.410 e. The van der Waals surface area contributed by atoms with Gasteiger partial charge in [0.15, 0.2) is 5.96 Å². The van der Waals surface area contributed by atoms with Crippen molar-refractivity contribution < 1.29 is 24.2 Å². The average Bonchev–Trinajstić information content (AvgIpc) is 3.22. The molecular weight excluding hydrogens is 486 g/mol. The van der Waals surface area contributed by atoms with E-state index in [1.165, 1.54) is 11.9 Å². The third-order valence-electron chi connectivity index (χ3n) is 6.79. The number of carboxylic acid groups (broad SMARTS) is 1. The highest BCUT2D eigenvalue weighted by atomic mass is 16.6. The lowest BCUT2D eigenvalue weighted by molar-refractivity contribution is -0.142. The summed E-state index contributed by atoms with van der Waals surface area (Å²) in [7, 11) is 1.51. The normalized spacial score (nSPS) is 13.5. The molecule has 0 spiro atoms. The molecule has 1 aliphatic rings. The fraction of sp³-hybridized carbons (Fsp3) is 0.429. The molecule has 6 N–H and O–H groups in total. The van der Waals surface area contributed by atoms with E-state index in [4.69, 9.17) is 16.2 Å². The summed E-state index contributed by atoms with van der Waals surface area (Å²) in [6.45, 7) is 2.36. The minimum atomic E-state index is -1.17. The van der Waals surface area contributed by atoms with Gasteiger partial charge in [0.05, 0.1) is 0 Å². The van der Waals surface area contributed by atoms with Crippen molar-refractivity contribution in [2.24, 2.45) is 16.5 Å². The number of fused-ring (bicyclic) bond motifs is 3. The molecule has 204 valence electrons. The van der Waals surface area contributed by atoms with Crippen molar-refractivity contribution in [1.29, 1.82) is 0 Å². The van der Waals surface area contributed by atoms with Gasteiger partial charge in [-0.3, -0.25) is 14.7 Å². The number of rotatable bonds is 13. The monoisotopic (exact) mass is 523 g/mol. The van der Waals surface area contributed by atoms with Crippen LogP contribution in [0, 0.1) is 0 Å². The van der Waals surface area contributed by atoms with E-state index in [0.29, 0.717) is 19.3 Å². The summed E-state index contributed by atoms with van der Waals surface area (Å²) >= 11 is 0. The Balaban J connectivity index is 1.66. The number of nitrogens with zero attached hydrogens (tertiary/aromatic N) is 2. The number of carbonyl (C=O) groups excluding carboxylic acids is 2. The molecule has 0 fully saturated rings. The minimum absolute atomic E-state index is 0.0785. The molecule has 1 aliphatic carbocycles. The van der Waals surface area contributed by atoms with Gasteiger partial charge in [0.1, 0.15) is 18.7 Å². The van der Waals surface area contributed by atoms with Crippen molar-refractivity contribution >= 4 is 23.9 Å². The lowest BCUT2D eigenvalue weighted by Crippen LogP contribution is -2.52. The van der Waals surface area contributed by atoms with E-state index in [0.717, 1.165) is 28.7 Å². The van der Waals surface area contributed by atoms with Gasteiger partial charge >= 0.3 is 12.1 Å². The number of benzene rings is 2. The van der Waals surface area contributed by atoms with Crippen molar-refractivity contribution in [2.75, 3.05) is 20.2 Å². The van der Waals surface area contributed by atoms with E-state index in [9.17, 15) is 19.5 Å². The zero-order chi connectivity index (χ0) is 27.7. The number of hydrogen-bond donors (Lipinski definition) is 4. The second-order valence-electron chi connectivity index (χ2n) is 9.42. The van der Waals surface area contributed by atoms with Gasteiger partial charge in [-0.25, -0.2) is 9.59 Å². The van der Waals surface area contributed by atoms with Crippen LogP contribution in [0.25, 0.3) is 11.1 Å². The van der Waals surface area contributed by atoms with Crippen LogP contribution in [0.2, 0.25) is 0 Å². The molecular formula is C28H37N5O5. The van der Waals surface area contributed by atoms with Gasteiger partial charge < -0.3 is 26.6 Å². The Hall–Kier alpha value is -4.08. The summed E-state index contributed by atoms with van der Waals surface area (Å²) in [4.78, 5) is 43.1. The van der Waals surface area contributed by atoms with Gasteiger partial charge in [-0.05, 0) is 41.5 Å². The van der Waals surface area contributed by atoms with Crippen LogP contribution in [0.15, 0.2) is 53.5 Å². The number of aliphatic carboxylic acids is 1. The molecule has 38 heavy (non-hydrogen) atoms. The molecule has 0 aromatic heterocycles. The Morgan fingerprint density at radius 1 is 1.03 bits per heavy atom. The number of likely N-dealkylation sites (N-methyl/N-ethyl adjacent to an activating group) is 1. The fourth-order valence-electron chi connectivity index (χ4n) is 4.75. The van der Waals surface area contributed by atoms with E-state index in [2.05, 4.69) is 22.4 Å². The molecule has 0 radical (unpaired) electrons. The first-order valence-electron chi connectivity index (χ1n) is 12.9. The number of nitrogens with one attached hydrogen (secondary N) is 1. The summed E-state index contributed by atoms with van der Waals surface area (Å²) in [5.74, 6) is -1.89. The molecule has 0 saturated heterocycles. The Labute approximate surface area is 223 Å². The number of amides is 2. The quantitative estimate of drug-likeness (QED) is 0.178. The third-order valence-corrected chi connectivity index (χ3v) is 6.79. The van der Waals surface area contributed by atoms with Crippen LogP contribution >= 0.6 is 0 Å². The van der Waals surface area contributed by atoms with Gasteiger partial charge in [0, 0.05) is 19.5 Å². The van der Waals surface area contributed by atoms with Gasteiger partial charge in [-0.15, -0.1) is 0 Å². The van der Waals surface area contributed by atoms with Gasteiger partial charge in [0.2, 0.25) is 5.91 Å². The summed E-state index contributed by atoms with van der Waals surface area (Å²) in [5, 5.41) is 12.2. The lowest BCUT2D eigenvalue weighted by Gasteiger charge is -2.28. The van der Waals surface area contributed by atoms with Crippen LogP contribution in [0.3, 0.4) is 0 Å². The molecule has 3 rings (SSSR count). The highest BCUT2D eigenvalue weighted by molar-refractivity contribution is 5.89. The smallest absolute Gasteiger partial charge is 0.410 e. The van der Waals surface area contributed by atoms with Gasteiger partial charge in [-0.1, -0.05) is 68.3 Å². The van der Waals surface area contributed by atoms with Crippen LogP contribution in [-0.4, -0.2) is 66.2 Å². The minimum Gasteiger partial charge on any atom is -0.480 e. The highest BCUT2D eigenvalue weighted by Crippen LogP contribution is 2.44. The van der Waals surface area contributed by atoms with E-state index >= 15 is 0 Å². The van der Waals surface area contributed by atoms with Crippen LogP contribution < -0.4 is 16.8 Å². The molecule has 0 heterocycles. The standard InChI is InChI=1S/C28H37N5O5/c1-3-4-15-24(25(34)32-23(26(35)36)14-9-16-31-27(29)30)33(2)28(37)38-17-22-20-12-7-5-10-18(20)19-11-6-8-13-21(19)22/h5-8,10-13,22-24H,3-4,9,14-17H2,1-2H3,(H,32,34)(H,35,36)(H4,29,30,31)/t23-,24-/m0/s1. The van der Waals surface area contributed by atoms with E-state index in [-0.39, 0.29) is 31.4 Å². The predicted molar refractivity (Wildman–Crippen MR) is 146 cm³/mol. The maximum atomic E-state index is 13.1. The SMILES string of the molecule is CCCC[C@@H](C(=O)N[C@@H](CCCN=C(N)N)C(=O)O)N(C)C(=O)OCC1c2ccccc2-c2ccccc21. The first-order valence-corrected chi connectivity index (χ1v) is 12.9. The number of carboxylic acids is 1. The Morgan fingerprint density at radius 3 is 2.18 bits per heavy atom. The van der Waals surface area contributed by atoms with Crippen LogP contribution in [-0.2, 0) is 14.3 Å². The van der Waals surface area contributed by atoms with E-state index < -0.39 is 30.1 Å². The van der Waals surface area contributed by atoms with Crippen molar-refractivity contribution in [2.45, 2.75) is 57.0 Å². The molecule has 0 bridgehead atoms. The second-order valence-corrected chi connectivity index (χ2v) is 9.42. The Bertz CT molecular complexity index is 1120. The summed E-state index contributed by atoms with van der Waals surface area (Å²) < 4.78 is 5.72. The zero-order valence-corrected chi connectivity index (χ0v) is 21.9. The fourth-order valence-corrected chi connectivity index (χ4v) is 4.75. The summed E-state index contributed by atoms with van der Waals surface area (Å²) in [5.41, 5.74) is 15.0. The van der Waals surface area contributed by atoms with E-state index in [1.807, 2.05) is 43.3 Å². The van der Waals surface area contributed by atoms with Crippen molar-refractivity contribution in [1.82, 2.24) is 10.2 Å². The number of nitrogens with two attached hydrogens (primary N) is 2. The predicted octanol–water partition coefficient (Wildman–Crippen LogP) is 3.05. The maximum absolute atomic E-state index is 13.1. The van der Waals surface area contributed by atoms with Crippen LogP contribution in [0.4, 0.5) is 4.79 Å². The van der Waals surface area contributed by atoms with Crippen LogP contribution in [0.5, 0.6) is 0 Å². The molecule has 2 amide bonds. The topological polar surface area (TPSA) is 160 Å². The zero-order valence-electron chi connectivity index (χ0n) is 21.9. The highest BCUT2D eigenvalue weighted by Gasteiger charge is 2.33. The molecule has 2 aromatic carbocycles. The first kappa shape index (κ1) is 28.5. The number of guanidine groups is 1. The largest absolute Gasteiger partial charge is 0.480 e. The number of hydrogen-bond acceptors (Lipinski definition) is 5. The van der Waals surface area contributed by atoms with Crippen LogP contribution in [0.1, 0.15) is 56.1 Å². The average molecular weight is 524 g/mol. The third kappa shape index (κ3) is 7.02. The number of ether oxygens (including phenoxy) is 1.